The van der Waals surface area contributed by atoms with Gasteiger partial charge in [0.2, 0.25) is 0 Å². The first-order chi connectivity index (χ1) is 10.2. The molecule has 1 aliphatic rings. The zero-order valence-electron chi connectivity index (χ0n) is 11.9. The molecule has 3 nitrogen and oxygen atoms in total. The first-order valence-electron chi connectivity index (χ1n) is 6.68. The standard InChI is InChI=1S/C17H16O3S/c1-19-14-8-7-13(11-18)17(10-14,20-2)16-9-12-5-3-4-6-15(12)21-16/h3-11,13H,1-2H3. The number of methoxy groups -OCH3 is 2. The second-order valence-corrected chi connectivity index (χ2v) is 6.00. The highest BCUT2D eigenvalue weighted by Gasteiger charge is 2.41. The quantitative estimate of drug-likeness (QED) is 0.808. The van der Waals surface area contributed by atoms with Crippen molar-refractivity contribution in [1.29, 1.82) is 0 Å². The van der Waals surface area contributed by atoms with Crippen LogP contribution in [0.3, 0.4) is 0 Å². The maximum atomic E-state index is 11.5. The molecule has 0 aliphatic heterocycles. The number of thiophene rings is 1. The lowest BCUT2D eigenvalue weighted by Crippen LogP contribution is -2.36. The van der Waals surface area contributed by atoms with Gasteiger partial charge in [-0.1, -0.05) is 24.3 Å². The van der Waals surface area contributed by atoms with Gasteiger partial charge in [0, 0.05) is 16.7 Å². The van der Waals surface area contributed by atoms with Gasteiger partial charge in [0.15, 0.2) is 0 Å². The highest BCUT2D eigenvalue weighted by Crippen LogP contribution is 2.43. The van der Waals surface area contributed by atoms with Crippen LogP contribution in [0.25, 0.3) is 10.1 Å². The predicted molar refractivity (Wildman–Crippen MR) is 84.3 cm³/mol. The van der Waals surface area contributed by atoms with Crippen LogP contribution in [0.15, 0.2) is 54.3 Å². The molecule has 2 unspecified atom stereocenters. The Morgan fingerprint density at radius 1 is 1.29 bits per heavy atom. The minimum Gasteiger partial charge on any atom is -0.497 e. The molecule has 4 heteroatoms. The smallest absolute Gasteiger partial charge is 0.137 e. The van der Waals surface area contributed by atoms with E-state index in [1.807, 2.05) is 30.4 Å². The molecule has 1 aromatic carbocycles. The Morgan fingerprint density at radius 3 is 2.76 bits per heavy atom. The van der Waals surface area contributed by atoms with Crippen molar-refractivity contribution in [3.8, 4) is 0 Å². The molecule has 21 heavy (non-hydrogen) atoms. The van der Waals surface area contributed by atoms with E-state index >= 15 is 0 Å². The van der Waals surface area contributed by atoms with E-state index in [1.165, 1.54) is 4.70 Å². The number of benzene rings is 1. The number of ether oxygens (including phenoxy) is 2. The number of hydrogen-bond acceptors (Lipinski definition) is 4. The van der Waals surface area contributed by atoms with Gasteiger partial charge >= 0.3 is 0 Å². The van der Waals surface area contributed by atoms with Crippen LogP contribution in [0.4, 0.5) is 0 Å². The highest BCUT2D eigenvalue weighted by molar-refractivity contribution is 7.19. The Kier molecular flexibility index (Phi) is 3.66. The summed E-state index contributed by atoms with van der Waals surface area (Å²) in [5, 5.41) is 1.15. The fourth-order valence-corrected chi connectivity index (χ4v) is 3.93. The summed E-state index contributed by atoms with van der Waals surface area (Å²) < 4.78 is 12.3. The van der Waals surface area contributed by atoms with E-state index in [-0.39, 0.29) is 5.92 Å². The van der Waals surface area contributed by atoms with Gasteiger partial charge in [0.25, 0.3) is 0 Å². The van der Waals surface area contributed by atoms with E-state index in [0.29, 0.717) is 5.76 Å². The van der Waals surface area contributed by atoms with Gasteiger partial charge in [0.05, 0.1) is 13.0 Å². The van der Waals surface area contributed by atoms with E-state index in [1.54, 1.807) is 25.6 Å². The monoisotopic (exact) mass is 300 g/mol. The van der Waals surface area contributed by atoms with Gasteiger partial charge in [-0.3, -0.25) is 0 Å². The van der Waals surface area contributed by atoms with Crippen LogP contribution in [0.2, 0.25) is 0 Å². The summed E-state index contributed by atoms with van der Waals surface area (Å²) in [5.74, 6) is 0.335. The molecule has 0 radical (unpaired) electrons. The van der Waals surface area contributed by atoms with Crippen LogP contribution < -0.4 is 0 Å². The molecular weight excluding hydrogens is 284 g/mol. The van der Waals surface area contributed by atoms with Gasteiger partial charge in [0.1, 0.15) is 17.6 Å². The zero-order chi connectivity index (χ0) is 14.9. The minimum absolute atomic E-state index is 0.366. The molecule has 0 saturated carbocycles. The van der Waals surface area contributed by atoms with Crippen LogP contribution >= 0.6 is 11.3 Å². The molecule has 0 spiro atoms. The Balaban J connectivity index is 2.19. The highest BCUT2D eigenvalue weighted by atomic mass is 32.1. The van der Waals surface area contributed by atoms with Gasteiger partial charge in [-0.2, -0.15) is 0 Å². The number of fused-ring (bicyclic) bond motifs is 1. The molecule has 1 aromatic heterocycles. The van der Waals surface area contributed by atoms with Crippen LogP contribution in [0.1, 0.15) is 4.88 Å². The Labute approximate surface area is 127 Å². The van der Waals surface area contributed by atoms with Crippen molar-refractivity contribution in [3.63, 3.8) is 0 Å². The topological polar surface area (TPSA) is 35.5 Å². The summed E-state index contributed by atoms with van der Waals surface area (Å²) in [6.45, 7) is 0. The number of allylic oxidation sites excluding steroid dienone is 1. The number of aldehydes is 1. The summed E-state index contributed by atoms with van der Waals surface area (Å²) in [4.78, 5) is 12.5. The lowest BCUT2D eigenvalue weighted by atomic mass is 9.82. The number of carbonyl (C=O) groups is 1. The third-order valence-corrected chi connectivity index (χ3v) is 5.10. The van der Waals surface area contributed by atoms with Crippen LogP contribution in [0, 0.1) is 5.92 Å². The molecular formula is C17H16O3S. The Hall–Kier alpha value is -1.91. The molecule has 0 N–H and O–H groups in total. The van der Waals surface area contributed by atoms with E-state index < -0.39 is 5.60 Å². The van der Waals surface area contributed by atoms with E-state index in [2.05, 4.69) is 18.2 Å². The van der Waals surface area contributed by atoms with Crippen molar-refractivity contribution in [2.45, 2.75) is 5.60 Å². The molecule has 2 aromatic rings. The lowest BCUT2D eigenvalue weighted by molar-refractivity contribution is -0.117. The fraction of sp³-hybridized carbons (Fsp3) is 0.235. The third-order valence-electron chi connectivity index (χ3n) is 3.85. The van der Waals surface area contributed by atoms with Gasteiger partial charge in [-0.15, -0.1) is 11.3 Å². The number of carbonyl (C=O) groups excluding carboxylic acids is 1. The van der Waals surface area contributed by atoms with Crippen molar-refractivity contribution in [2.24, 2.45) is 5.92 Å². The van der Waals surface area contributed by atoms with E-state index in [4.69, 9.17) is 9.47 Å². The van der Waals surface area contributed by atoms with Gasteiger partial charge in [-0.05, 0) is 29.7 Å². The molecule has 1 heterocycles. The average molecular weight is 300 g/mol. The van der Waals surface area contributed by atoms with Crippen molar-refractivity contribution in [2.75, 3.05) is 14.2 Å². The van der Waals surface area contributed by atoms with Gasteiger partial charge in [-0.25, -0.2) is 0 Å². The molecule has 0 amide bonds. The van der Waals surface area contributed by atoms with Crippen molar-refractivity contribution in [3.05, 3.63) is 59.2 Å². The summed E-state index contributed by atoms with van der Waals surface area (Å²) >= 11 is 1.64. The summed E-state index contributed by atoms with van der Waals surface area (Å²) in [6.07, 6.45) is 6.45. The zero-order valence-corrected chi connectivity index (χ0v) is 12.7. The molecule has 2 atom stereocenters. The second-order valence-electron chi connectivity index (χ2n) is 4.92. The van der Waals surface area contributed by atoms with Crippen molar-refractivity contribution < 1.29 is 14.3 Å². The summed E-state index contributed by atoms with van der Waals surface area (Å²) in [7, 11) is 3.24. The van der Waals surface area contributed by atoms with Crippen LogP contribution in [0.5, 0.6) is 0 Å². The maximum absolute atomic E-state index is 11.5. The van der Waals surface area contributed by atoms with Crippen LogP contribution in [-0.2, 0) is 19.9 Å². The first-order valence-corrected chi connectivity index (χ1v) is 7.49. The second kappa shape index (κ2) is 5.47. The van der Waals surface area contributed by atoms with E-state index in [9.17, 15) is 4.79 Å². The van der Waals surface area contributed by atoms with Crippen LogP contribution in [-0.4, -0.2) is 20.5 Å². The molecule has 3 rings (SSSR count). The number of hydrogen-bond donors (Lipinski definition) is 0. The maximum Gasteiger partial charge on any atom is 0.137 e. The van der Waals surface area contributed by atoms with Gasteiger partial charge < -0.3 is 14.3 Å². The lowest BCUT2D eigenvalue weighted by Gasteiger charge is -2.34. The first kappa shape index (κ1) is 14.0. The summed E-state index contributed by atoms with van der Waals surface area (Å²) in [6, 6.07) is 10.2. The number of rotatable bonds is 4. The fourth-order valence-electron chi connectivity index (χ4n) is 2.68. The largest absolute Gasteiger partial charge is 0.497 e. The minimum atomic E-state index is -0.800. The average Bonchev–Trinajstić information content (AvgIpc) is 2.98. The molecule has 0 bridgehead atoms. The molecule has 1 aliphatic carbocycles. The van der Waals surface area contributed by atoms with Crippen molar-refractivity contribution >= 4 is 27.7 Å². The normalized spacial score (nSPS) is 24.9. The Bertz CT molecular complexity index is 695. The predicted octanol–water partition coefficient (Wildman–Crippen LogP) is 3.66. The molecule has 0 saturated heterocycles. The SMILES string of the molecule is COC1=CC(OC)(c2cc3ccccc3s2)C(C=O)C=C1. The van der Waals surface area contributed by atoms with E-state index in [0.717, 1.165) is 16.5 Å². The molecule has 108 valence electrons. The van der Waals surface area contributed by atoms with Crippen molar-refractivity contribution in [1.82, 2.24) is 0 Å². The molecule has 0 fully saturated rings. The third kappa shape index (κ3) is 2.20. The summed E-state index contributed by atoms with van der Waals surface area (Å²) in [5.41, 5.74) is -0.800. The Morgan fingerprint density at radius 2 is 2.10 bits per heavy atom.